The number of alkyl halides is 3. The van der Waals surface area contributed by atoms with Gasteiger partial charge in [0.15, 0.2) is 5.60 Å². The lowest BCUT2D eigenvalue weighted by Gasteiger charge is -2.37. The number of halogens is 4. The summed E-state index contributed by atoms with van der Waals surface area (Å²) in [7, 11) is 0. The zero-order valence-electron chi connectivity index (χ0n) is 15.3. The number of carboxylic acids is 1. The molecule has 2 aromatic rings. The van der Waals surface area contributed by atoms with E-state index < -0.39 is 35.1 Å². The minimum Gasteiger partial charge on any atom is -0.478 e. The largest absolute Gasteiger partial charge is 0.478 e. The molecule has 9 heteroatoms. The molecule has 0 aromatic heterocycles. The van der Waals surface area contributed by atoms with Gasteiger partial charge < -0.3 is 15.5 Å². The van der Waals surface area contributed by atoms with Crippen LogP contribution in [0.15, 0.2) is 36.4 Å². The predicted octanol–water partition coefficient (Wildman–Crippen LogP) is 4.65. The highest BCUT2D eigenvalue weighted by molar-refractivity contribution is 6.31. The Kier molecular flexibility index (Phi) is 5.13. The molecule has 0 spiro atoms. The summed E-state index contributed by atoms with van der Waals surface area (Å²) in [5, 5.41) is 22.3. The second kappa shape index (κ2) is 7.03. The fraction of sp³-hybridized carbons (Fsp3) is 0.300. The number of carbonyl (C=O) groups is 2. The number of fused-ring (bicyclic) bond motifs is 1. The van der Waals surface area contributed by atoms with Crippen LogP contribution in [-0.2, 0) is 10.4 Å². The highest BCUT2D eigenvalue weighted by Crippen LogP contribution is 2.51. The maximum atomic E-state index is 14.1. The smallest absolute Gasteiger partial charge is 0.422 e. The lowest BCUT2D eigenvalue weighted by atomic mass is 9.76. The number of rotatable bonds is 4. The Morgan fingerprint density at radius 1 is 1.21 bits per heavy atom. The van der Waals surface area contributed by atoms with Crippen LogP contribution in [-0.4, -0.2) is 28.3 Å². The normalized spacial score (nSPS) is 19.3. The summed E-state index contributed by atoms with van der Waals surface area (Å²) in [5.74, 6) is -3.83. The van der Waals surface area contributed by atoms with Crippen LogP contribution >= 0.6 is 11.6 Å². The van der Waals surface area contributed by atoms with Crippen LogP contribution in [0, 0.1) is 0 Å². The molecule has 2 aromatic carbocycles. The van der Waals surface area contributed by atoms with Gasteiger partial charge in [0.2, 0.25) is 5.91 Å². The zero-order valence-corrected chi connectivity index (χ0v) is 16.1. The van der Waals surface area contributed by atoms with Gasteiger partial charge in [0.1, 0.15) is 0 Å². The predicted molar refractivity (Wildman–Crippen MR) is 100 cm³/mol. The van der Waals surface area contributed by atoms with Gasteiger partial charge in [-0.15, -0.1) is 0 Å². The second-order valence-electron chi connectivity index (χ2n) is 7.04. The summed E-state index contributed by atoms with van der Waals surface area (Å²) in [6.45, 7) is 2.72. The third kappa shape index (κ3) is 3.36. The Balaban J connectivity index is 2.14. The van der Waals surface area contributed by atoms with Crippen molar-refractivity contribution in [3.63, 3.8) is 0 Å². The third-order valence-electron chi connectivity index (χ3n) is 5.38. The first kappa shape index (κ1) is 21.1. The van der Waals surface area contributed by atoms with E-state index in [2.05, 4.69) is 5.32 Å². The maximum absolute atomic E-state index is 14.1. The molecule has 3 rings (SSSR count). The first-order chi connectivity index (χ1) is 13.4. The van der Waals surface area contributed by atoms with E-state index >= 15 is 0 Å². The maximum Gasteiger partial charge on any atom is 0.422 e. The summed E-state index contributed by atoms with van der Waals surface area (Å²) >= 11 is 6.05. The average Bonchev–Trinajstić information content (AvgIpc) is 2.93. The van der Waals surface area contributed by atoms with Crippen LogP contribution in [0.2, 0.25) is 5.02 Å². The van der Waals surface area contributed by atoms with Crippen molar-refractivity contribution >= 4 is 29.2 Å². The summed E-state index contributed by atoms with van der Waals surface area (Å²) in [6, 6.07) is 6.94. The summed E-state index contributed by atoms with van der Waals surface area (Å²) in [5.41, 5.74) is -3.24. The topological polar surface area (TPSA) is 86.6 Å². The SMILES string of the molecule is CC1C(=O)Nc2ccc(C(O)(C(C)c3ccc(C(=O)O)cc3Cl)C(F)(F)F)cc21. The molecule has 1 amide bonds. The fourth-order valence-electron chi connectivity index (χ4n) is 3.55. The fourth-order valence-corrected chi connectivity index (χ4v) is 3.89. The van der Waals surface area contributed by atoms with E-state index in [1.54, 1.807) is 6.92 Å². The number of carboxylic acid groups (broad SMARTS) is 1. The Hall–Kier alpha value is -2.58. The van der Waals surface area contributed by atoms with Crippen molar-refractivity contribution in [2.24, 2.45) is 0 Å². The Morgan fingerprint density at radius 3 is 2.41 bits per heavy atom. The number of aliphatic hydroxyl groups is 1. The molecule has 29 heavy (non-hydrogen) atoms. The standard InChI is InChI=1S/C20H17ClF3NO4/c1-9-14-8-12(4-6-16(14)25-17(9)26)19(29,20(22,23)24)10(2)13-5-3-11(18(27)28)7-15(13)21/h3-10,29H,1-2H3,(H,25,26)(H,27,28). The van der Waals surface area contributed by atoms with Crippen LogP contribution in [0.5, 0.6) is 0 Å². The van der Waals surface area contributed by atoms with Gasteiger partial charge in [-0.1, -0.05) is 30.7 Å². The van der Waals surface area contributed by atoms with Crippen molar-refractivity contribution in [3.05, 3.63) is 63.7 Å². The van der Waals surface area contributed by atoms with Crippen LogP contribution in [0.25, 0.3) is 0 Å². The first-order valence-electron chi connectivity index (χ1n) is 8.65. The molecule has 0 saturated heterocycles. The minimum absolute atomic E-state index is 0.0563. The van der Waals surface area contributed by atoms with Gasteiger partial charge in [0.05, 0.1) is 11.5 Å². The molecule has 0 fully saturated rings. The van der Waals surface area contributed by atoms with Crippen LogP contribution in [0.3, 0.4) is 0 Å². The molecule has 0 aliphatic carbocycles. The molecule has 3 unspecified atom stereocenters. The lowest BCUT2D eigenvalue weighted by Crippen LogP contribution is -2.46. The van der Waals surface area contributed by atoms with Crippen molar-refractivity contribution in [3.8, 4) is 0 Å². The molecule has 3 atom stereocenters. The zero-order chi connectivity index (χ0) is 21.7. The molecule has 1 aliphatic rings. The van der Waals surface area contributed by atoms with E-state index in [1.807, 2.05) is 0 Å². The number of amides is 1. The van der Waals surface area contributed by atoms with E-state index in [9.17, 15) is 27.9 Å². The monoisotopic (exact) mass is 427 g/mol. The Bertz CT molecular complexity index is 1010. The quantitative estimate of drug-likeness (QED) is 0.663. The molecule has 0 saturated carbocycles. The molecule has 154 valence electrons. The number of hydrogen-bond acceptors (Lipinski definition) is 3. The van der Waals surface area contributed by atoms with Crippen molar-refractivity contribution in [2.45, 2.75) is 37.5 Å². The third-order valence-corrected chi connectivity index (χ3v) is 5.71. The average molecular weight is 428 g/mol. The van der Waals surface area contributed by atoms with E-state index in [0.717, 1.165) is 31.2 Å². The van der Waals surface area contributed by atoms with Crippen LogP contribution in [0.1, 0.15) is 52.7 Å². The minimum atomic E-state index is -5.07. The van der Waals surface area contributed by atoms with E-state index in [1.165, 1.54) is 12.1 Å². The molecule has 5 nitrogen and oxygen atoms in total. The van der Waals surface area contributed by atoms with Gasteiger partial charge >= 0.3 is 12.1 Å². The van der Waals surface area contributed by atoms with E-state index in [0.29, 0.717) is 11.3 Å². The van der Waals surface area contributed by atoms with Gasteiger partial charge in [0.25, 0.3) is 0 Å². The summed E-state index contributed by atoms with van der Waals surface area (Å²) in [4.78, 5) is 22.9. The summed E-state index contributed by atoms with van der Waals surface area (Å²) < 4.78 is 42.4. The molecule has 1 aliphatic heterocycles. The Labute approximate surface area is 169 Å². The van der Waals surface area contributed by atoms with Gasteiger partial charge in [-0.05, 0) is 47.9 Å². The van der Waals surface area contributed by atoms with Gasteiger partial charge in [-0.25, -0.2) is 4.79 Å². The molecule has 0 bridgehead atoms. The lowest BCUT2D eigenvalue weighted by molar-refractivity contribution is -0.274. The second-order valence-corrected chi connectivity index (χ2v) is 7.45. The van der Waals surface area contributed by atoms with Crippen molar-refractivity contribution in [1.29, 1.82) is 0 Å². The molecule has 3 N–H and O–H groups in total. The summed E-state index contributed by atoms with van der Waals surface area (Å²) in [6.07, 6.45) is -5.07. The van der Waals surface area contributed by atoms with E-state index in [-0.39, 0.29) is 22.1 Å². The van der Waals surface area contributed by atoms with Gasteiger partial charge in [-0.3, -0.25) is 4.79 Å². The van der Waals surface area contributed by atoms with Crippen LogP contribution in [0.4, 0.5) is 18.9 Å². The molecular formula is C20H17ClF3NO4. The number of carbonyl (C=O) groups excluding carboxylic acids is 1. The first-order valence-corrected chi connectivity index (χ1v) is 9.02. The Morgan fingerprint density at radius 2 is 1.86 bits per heavy atom. The molecule has 1 heterocycles. The highest BCUT2D eigenvalue weighted by atomic mass is 35.5. The number of nitrogens with one attached hydrogen (secondary N) is 1. The molecule has 0 radical (unpaired) electrons. The number of benzene rings is 2. The van der Waals surface area contributed by atoms with Crippen molar-refractivity contribution < 1.29 is 33.0 Å². The van der Waals surface area contributed by atoms with Crippen molar-refractivity contribution in [2.75, 3.05) is 5.32 Å². The van der Waals surface area contributed by atoms with E-state index in [4.69, 9.17) is 16.7 Å². The molecular weight excluding hydrogens is 411 g/mol. The van der Waals surface area contributed by atoms with Crippen LogP contribution < -0.4 is 5.32 Å². The van der Waals surface area contributed by atoms with Gasteiger partial charge in [-0.2, -0.15) is 13.2 Å². The number of anilines is 1. The number of aromatic carboxylic acids is 1. The van der Waals surface area contributed by atoms with Gasteiger partial charge in [0, 0.05) is 16.6 Å². The highest BCUT2D eigenvalue weighted by Gasteiger charge is 2.59. The number of hydrogen-bond donors (Lipinski definition) is 3. The van der Waals surface area contributed by atoms with Crippen molar-refractivity contribution in [1.82, 2.24) is 0 Å².